The molecule has 1 heterocycles. The number of aryl methyl sites for hydroxylation is 1. The van der Waals surface area contributed by atoms with E-state index in [2.05, 4.69) is 19.1 Å². The van der Waals surface area contributed by atoms with Crippen LogP contribution in [0.15, 0.2) is 53.1 Å². The Morgan fingerprint density at radius 1 is 1.15 bits per heavy atom. The van der Waals surface area contributed by atoms with E-state index in [-0.39, 0.29) is 13.0 Å². The summed E-state index contributed by atoms with van der Waals surface area (Å²) in [5.74, 6) is -0.727. The second kappa shape index (κ2) is 11.2. The Bertz CT molecular complexity index is 684. The van der Waals surface area contributed by atoms with Gasteiger partial charge < -0.3 is 24.4 Å². The summed E-state index contributed by atoms with van der Waals surface area (Å²) in [5.41, 5.74) is 1.29. The number of carbonyl (C=O) groups is 2. The first kappa shape index (κ1) is 20.7. The van der Waals surface area contributed by atoms with Crippen LogP contribution in [0.25, 0.3) is 0 Å². The molecule has 0 aliphatic heterocycles. The van der Waals surface area contributed by atoms with Gasteiger partial charge in [0.15, 0.2) is 11.8 Å². The van der Waals surface area contributed by atoms with Gasteiger partial charge in [-0.25, -0.2) is 4.79 Å². The molecule has 0 aliphatic rings. The van der Waals surface area contributed by atoms with Crippen LogP contribution >= 0.6 is 0 Å². The third kappa shape index (κ3) is 8.09. The van der Waals surface area contributed by atoms with Crippen molar-refractivity contribution >= 4 is 11.9 Å². The molecule has 2 aromatic rings. The van der Waals surface area contributed by atoms with Gasteiger partial charge in [0.25, 0.3) is 0 Å². The number of nitrogens with two attached hydrogens (primary N) is 1. The van der Waals surface area contributed by atoms with E-state index in [1.54, 1.807) is 17.4 Å². The van der Waals surface area contributed by atoms with Crippen molar-refractivity contribution in [2.75, 3.05) is 6.61 Å². The molecule has 0 amide bonds. The van der Waals surface area contributed by atoms with Crippen molar-refractivity contribution in [1.29, 1.82) is 0 Å². The van der Waals surface area contributed by atoms with Crippen LogP contribution in [0, 0.1) is 5.92 Å². The Hall–Kier alpha value is -2.60. The average Bonchev–Trinajstić information content (AvgIpc) is 3.17. The zero-order valence-electron chi connectivity index (χ0n) is 15.6. The van der Waals surface area contributed by atoms with Crippen LogP contribution in [0.2, 0.25) is 0 Å². The number of furan rings is 1. The number of hydrogen-bond acceptors (Lipinski definition) is 5. The highest BCUT2D eigenvalue weighted by molar-refractivity contribution is 5.79. The highest BCUT2D eigenvalue weighted by Crippen LogP contribution is 2.13. The van der Waals surface area contributed by atoms with Crippen LogP contribution in [0.1, 0.15) is 37.5 Å². The minimum atomic E-state index is -1.27. The van der Waals surface area contributed by atoms with E-state index in [1.165, 1.54) is 11.8 Å². The number of esters is 1. The largest absolute Gasteiger partial charge is 0.550 e. The molecule has 27 heavy (non-hydrogen) atoms. The molecule has 0 spiro atoms. The monoisotopic (exact) mass is 373 g/mol. The van der Waals surface area contributed by atoms with Gasteiger partial charge in [0.05, 0.1) is 19.3 Å². The minimum absolute atomic E-state index is 0.285. The molecule has 0 radical (unpaired) electrons. The van der Waals surface area contributed by atoms with Crippen LogP contribution in [-0.4, -0.2) is 24.6 Å². The summed E-state index contributed by atoms with van der Waals surface area (Å²) in [5, 5.41) is 12.5. The first-order valence-electron chi connectivity index (χ1n) is 9.30. The predicted molar refractivity (Wildman–Crippen MR) is 97.3 cm³/mol. The highest BCUT2D eigenvalue weighted by atomic mass is 16.5. The van der Waals surface area contributed by atoms with Gasteiger partial charge in [0.2, 0.25) is 0 Å². The Morgan fingerprint density at radius 3 is 2.59 bits per heavy atom. The molecule has 6 nitrogen and oxygen atoms in total. The Morgan fingerprint density at radius 2 is 1.93 bits per heavy atom. The minimum Gasteiger partial charge on any atom is -0.550 e. The van der Waals surface area contributed by atoms with E-state index < -0.39 is 18.0 Å². The second-order valence-corrected chi connectivity index (χ2v) is 6.79. The maximum atomic E-state index is 12.2. The molecule has 0 unspecified atom stereocenters. The van der Waals surface area contributed by atoms with Crippen LogP contribution in [0.3, 0.4) is 0 Å². The molecule has 1 aromatic carbocycles. The maximum Gasteiger partial charge on any atom is 0.365 e. The summed E-state index contributed by atoms with van der Waals surface area (Å²) < 4.78 is 10.5. The molecule has 0 aliphatic carbocycles. The van der Waals surface area contributed by atoms with Crippen LogP contribution in [-0.2, 0) is 27.3 Å². The van der Waals surface area contributed by atoms with Crippen molar-refractivity contribution in [1.82, 2.24) is 0 Å². The van der Waals surface area contributed by atoms with Gasteiger partial charge in [-0.05, 0) is 42.9 Å². The third-order valence-corrected chi connectivity index (χ3v) is 4.50. The highest BCUT2D eigenvalue weighted by Gasteiger charge is 2.24. The lowest BCUT2D eigenvalue weighted by Crippen LogP contribution is -2.91. The van der Waals surface area contributed by atoms with Gasteiger partial charge in [0, 0.05) is 5.97 Å². The van der Waals surface area contributed by atoms with E-state index in [4.69, 9.17) is 9.15 Å². The quantitative estimate of drug-likeness (QED) is 0.561. The summed E-state index contributed by atoms with van der Waals surface area (Å²) in [6, 6.07) is 12.9. The Balaban J connectivity index is 1.70. The van der Waals surface area contributed by atoms with Gasteiger partial charge in [-0.3, -0.25) is 0 Å². The van der Waals surface area contributed by atoms with E-state index in [0.717, 1.165) is 19.3 Å². The molecular weight excluding hydrogens is 346 g/mol. The van der Waals surface area contributed by atoms with Gasteiger partial charge in [-0.15, -0.1) is 0 Å². The van der Waals surface area contributed by atoms with Crippen LogP contribution < -0.4 is 10.4 Å². The fourth-order valence-electron chi connectivity index (χ4n) is 2.80. The zero-order valence-corrected chi connectivity index (χ0v) is 15.6. The number of quaternary nitrogens is 1. The Labute approximate surface area is 159 Å². The van der Waals surface area contributed by atoms with Gasteiger partial charge in [-0.1, -0.05) is 37.3 Å². The van der Waals surface area contributed by atoms with Crippen LogP contribution in [0.4, 0.5) is 0 Å². The molecule has 0 saturated carbocycles. The lowest BCUT2D eigenvalue weighted by atomic mass is 9.99. The van der Waals surface area contributed by atoms with Gasteiger partial charge in [0.1, 0.15) is 6.54 Å². The van der Waals surface area contributed by atoms with Crippen molar-refractivity contribution in [3.8, 4) is 0 Å². The second-order valence-electron chi connectivity index (χ2n) is 6.79. The number of carboxylic acids is 1. The first-order valence-corrected chi connectivity index (χ1v) is 9.30. The number of ether oxygens (including phenoxy) is 1. The fraction of sp³-hybridized carbons (Fsp3) is 0.429. The SMILES string of the molecule is C[C@H](CCOC(=O)[C@@H](CC(=O)[O-])[NH2+]Cc1ccco1)CCc1ccccc1. The molecule has 0 bridgehead atoms. The number of carboxylic acid groups (broad SMARTS) is 1. The van der Waals surface area contributed by atoms with Crippen molar-refractivity contribution < 1.29 is 29.2 Å². The third-order valence-electron chi connectivity index (χ3n) is 4.50. The van der Waals surface area contributed by atoms with E-state index >= 15 is 0 Å². The zero-order chi connectivity index (χ0) is 19.5. The standard InChI is InChI=1S/C21H27NO5/c1-16(9-10-17-6-3-2-4-7-17)11-13-27-21(25)19(14-20(23)24)22-15-18-8-5-12-26-18/h2-8,12,16,19,22H,9-11,13-15H2,1H3,(H,23,24)/t16-,19+/m0/s1. The van der Waals surface area contributed by atoms with E-state index in [1.807, 2.05) is 18.2 Å². The summed E-state index contributed by atoms with van der Waals surface area (Å²) in [4.78, 5) is 23.1. The lowest BCUT2D eigenvalue weighted by molar-refractivity contribution is -0.694. The fourth-order valence-corrected chi connectivity index (χ4v) is 2.80. The molecule has 2 N–H and O–H groups in total. The summed E-state index contributed by atoms with van der Waals surface area (Å²) >= 11 is 0. The molecular formula is C21H27NO5. The summed E-state index contributed by atoms with van der Waals surface area (Å²) in [6.07, 6.45) is 3.89. The smallest absolute Gasteiger partial charge is 0.365 e. The number of hydrogen-bond donors (Lipinski definition) is 1. The molecule has 2 rings (SSSR count). The molecule has 146 valence electrons. The number of carbonyl (C=O) groups excluding carboxylic acids is 2. The van der Waals surface area contributed by atoms with Gasteiger partial charge >= 0.3 is 5.97 Å². The number of rotatable bonds is 12. The molecule has 0 saturated heterocycles. The maximum absolute atomic E-state index is 12.2. The molecule has 0 fully saturated rings. The predicted octanol–water partition coefficient (Wildman–Crippen LogP) is 1.05. The molecule has 6 heteroatoms. The number of aliphatic carboxylic acids is 1. The van der Waals surface area contributed by atoms with Gasteiger partial charge in [-0.2, -0.15) is 0 Å². The summed E-state index contributed by atoms with van der Waals surface area (Å²) in [6.45, 7) is 2.78. The van der Waals surface area contributed by atoms with Crippen LogP contribution in [0.5, 0.6) is 0 Å². The van der Waals surface area contributed by atoms with Crippen molar-refractivity contribution in [3.63, 3.8) is 0 Å². The normalized spacial score (nSPS) is 13.1. The van der Waals surface area contributed by atoms with Crippen molar-refractivity contribution in [2.24, 2.45) is 5.92 Å². The topological polar surface area (TPSA) is 96.2 Å². The molecule has 1 aromatic heterocycles. The Kier molecular flexibility index (Phi) is 8.58. The van der Waals surface area contributed by atoms with E-state index in [0.29, 0.717) is 18.2 Å². The number of benzene rings is 1. The summed E-state index contributed by atoms with van der Waals surface area (Å²) in [7, 11) is 0. The van der Waals surface area contributed by atoms with Crippen molar-refractivity contribution in [3.05, 3.63) is 60.1 Å². The average molecular weight is 373 g/mol. The van der Waals surface area contributed by atoms with E-state index in [9.17, 15) is 14.7 Å². The lowest BCUT2D eigenvalue weighted by Gasteiger charge is -2.16. The first-order chi connectivity index (χ1) is 13.0. The van der Waals surface area contributed by atoms with Crippen molar-refractivity contribution in [2.45, 2.75) is 45.2 Å². The molecule has 2 atom stereocenters.